The maximum atomic E-state index is 12.1. The number of aliphatic hydroxyl groups is 1. The first-order chi connectivity index (χ1) is 11.9. The number of rotatable bonds is 2. The van der Waals surface area contributed by atoms with Gasteiger partial charge in [0.2, 0.25) is 0 Å². The van der Waals surface area contributed by atoms with E-state index in [4.69, 9.17) is 4.74 Å². The molecule has 1 aliphatic carbocycles. The standard InChI is InChI=1S/C21H29NO3/c1-5-11-22-12-10-20-17-13(2)6-7-16(23)18(17)25-19(20)14(3)8-9-21(20,24)15(22)4/h5-7,14-15,19,23-24H,1,8-12H2,2-4H3/t14-,15?,19?,20?,21-/m1/s1. The van der Waals surface area contributed by atoms with Gasteiger partial charge in [0, 0.05) is 18.2 Å². The topological polar surface area (TPSA) is 52.9 Å². The Hall–Kier alpha value is -1.52. The molecular formula is C21H29NO3. The van der Waals surface area contributed by atoms with Crippen LogP contribution in [-0.4, -0.2) is 45.9 Å². The van der Waals surface area contributed by atoms with Gasteiger partial charge in [0.1, 0.15) is 6.10 Å². The van der Waals surface area contributed by atoms with E-state index in [2.05, 4.69) is 32.3 Å². The van der Waals surface area contributed by atoms with Crippen molar-refractivity contribution in [1.82, 2.24) is 4.90 Å². The van der Waals surface area contributed by atoms with Gasteiger partial charge in [-0.3, -0.25) is 4.90 Å². The van der Waals surface area contributed by atoms with Gasteiger partial charge in [-0.05, 0) is 57.2 Å². The van der Waals surface area contributed by atoms with Crippen molar-refractivity contribution in [3.8, 4) is 11.5 Å². The lowest BCUT2D eigenvalue weighted by Crippen LogP contribution is -2.73. The monoisotopic (exact) mass is 343 g/mol. The van der Waals surface area contributed by atoms with Crippen molar-refractivity contribution < 1.29 is 14.9 Å². The fourth-order valence-corrected chi connectivity index (χ4v) is 5.90. The Morgan fingerprint density at radius 1 is 1.36 bits per heavy atom. The first kappa shape index (κ1) is 16.9. The minimum atomic E-state index is -0.866. The van der Waals surface area contributed by atoms with Crippen LogP contribution in [0, 0.1) is 12.8 Å². The molecule has 0 amide bonds. The Kier molecular flexibility index (Phi) is 3.71. The second kappa shape index (κ2) is 5.49. The van der Waals surface area contributed by atoms with E-state index in [0.717, 1.165) is 43.5 Å². The predicted molar refractivity (Wildman–Crippen MR) is 98.1 cm³/mol. The zero-order valence-corrected chi connectivity index (χ0v) is 15.5. The average molecular weight is 343 g/mol. The van der Waals surface area contributed by atoms with Gasteiger partial charge in [-0.25, -0.2) is 0 Å². The van der Waals surface area contributed by atoms with Gasteiger partial charge in [-0.2, -0.15) is 0 Å². The number of hydrogen-bond donors (Lipinski definition) is 2. The van der Waals surface area contributed by atoms with Crippen LogP contribution in [0.5, 0.6) is 11.5 Å². The molecule has 3 aliphatic rings. The van der Waals surface area contributed by atoms with Crippen molar-refractivity contribution in [3.05, 3.63) is 35.9 Å². The molecule has 136 valence electrons. The molecule has 1 aromatic rings. The number of piperidine rings is 1. The van der Waals surface area contributed by atoms with Crippen LogP contribution in [0.3, 0.4) is 0 Å². The minimum absolute atomic E-state index is 0.0190. The summed E-state index contributed by atoms with van der Waals surface area (Å²) in [4.78, 5) is 2.32. The van der Waals surface area contributed by atoms with Crippen molar-refractivity contribution in [2.75, 3.05) is 13.1 Å². The summed E-state index contributed by atoms with van der Waals surface area (Å²) in [5.74, 6) is 1.14. The van der Waals surface area contributed by atoms with Crippen LogP contribution in [-0.2, 0) is 5.41 Å². The van der Waals surface area contributed by atoms with Crippen molar-refractivity contribution in [1.29, 1.82) is 0 Å². The highest BCUT2D eigenvalue weighted by Crippen LogP contribution is 2.63. The number of phenols is 1. The molecule has 4 nitrogen and oxygen atoms in total. The number of likely N-dealkylation sites (tertiary alicyclic amines) is 1. The molecule has 1 spiro atoms. The zero-order valence-electron chi connectivity index (χ0n) is 15.5. The Morgan fingerprint density at radius 2 is 2.12 bits per heavy atom. The summed E-state index contributed by atoms with van der Waals surface area (Å²) in [6.45, 7) is 12.0. The van der Waals surface area contributed by atoms with E-state index in [0.29, 0.717) is 11.7 Å². The van der Waals surface area contributed by atoms with E-state index in [1.54, 1.807) is 6.07 Å². The third-order valence-corrected chi connectivity index (χ3v) is 7.19. The largest absolute Gasteiger partial charge is 0.504 e. The second-order valence-corrected chi connectivity index (χ2v) is 8.27. The van der Waals surface area contributed by atoms with Gasteiger partial charge < -0.3 is 14.9 Å². The molecule has 2 heterocycles. The molecule has 4 heteroatoms. The highest BCUT2D eigenvalue weighted by molar-refractivity contribution is 5.59. The quantitative estimate of drug-likeness (QED) is 0.810. The number of fused-ring (bicyclic) bond motifs is 1. The summed E-state index contributed by atoms with van der Waals surface area (Å²) in [6.07, 6.45) is 4.37. The molecule has 2 aliphatic heterocycles. The van der Waals surface area contributed by atoms with Gasteiger partial charge >= 0.3 is 0 Å². The highest BCUT2D eigenvalue weighted by Gasteiger charge is 2.69. The summed E-state index contributed by atoms with van der Waals surface area (Å²) in [7, 11) is 0. The Morgan fingerprint density at radius 3 is 2.84 bits per heavy atom. The molecular weight excluding hydrogens is 314 g/mol. The van der Waals surface area contributed by atoms with Crippen LogP contribution in [0.25, 0.3) is 0 Å². The molecule has 0 bridgehead atoms. The Balaban J connectivity index is 1.93. The summed E-state index contributed by atoms with van der Waals surface area (Å²) in [5, 5.41) is 22.5. The summed E-state index contributed by atoms with van der Waals surface area (Å²) in [6, 6.07) is 3.68. The van der Waals surface area contributed by atoms with Crippen LogP contribution < -0.4 is 4.74 Å². The molecule has 2 fully saturated rings. The molecule has 4 rings (SSSR count). The molecule has 0 aromatic heterocycles. The van der Waals surface area contributed by atoms with Gasteiger partial charge in [0.05, 0.1) is 11.0 Å². The van der Waals surface area contributed by atoms with E-state index in [1.165, 1.54) is 0 Å². The molecule has 2 N–H and O–H groups in total. The number of phenolic OH excluding ortho intramolecular Hbond substituents is 1. The van der Waals surface area contributed by atoms with Crippen LogP contribution in [0.15, 0.2) is 24.8 Å². The average Bonchev–Trinajstić information content (AvgIpc) is 2.95. The third-order valence-electron chi connectivity index (χ3n) is 7.19. The lowest BCUT2D eigenvalue weighted by Gasteiger charge is -2.61. The van der Waals surface area contributed by atoms with Gasteiger partial charge in [-0.15, -0.1) is 6.58 Å². The fourth-order valence-electron chi connectivity index (χ4n) is 5.90. The maximum absolute atomic E-state index is 12.1. The predicted octanol–water partition coefficient (Wildman–Crippen LogP) is 3.14. The normalized spacial score (nSPS) is 39.9. The number of aryl methyl sites for hydroxylation is 1. The number of nitrogens with zero attached hydrogens (tertiary/aromatic N) is 1. The van der Waals surface area contributed by atoms with Crippen LogP contribution >= 0.6 is 0 Å². The molecule has 1 saturated heterocycles. The van der Waals surface area contributed by atoms with E-state index < -0.39 is 11.0 Å². The summed E-state index contributed by atoms with van der Waals surface area (Å²) >= 11 is 0. The first-order valence-electron chi connectivity index (χ1n) is 9.44. The third kappa shape index (κ3) is 1.95. The van der Waals surface area contributed by atoms with Crippen molar-refractivity contribution in [2.45, 2.75) is 63.2 Å². The summed E-state index contributed by atoms with van der Waals surface area (Å²) in [5.41, 5.74) is 0.832. The first-order valence-corrected chi connectivity index (χ1v) is 9.44. The van der Waals surface area contributed by atoms with Crippen molar-refractivity contribution in [2.24, 2.45) is 5.92 Å². The smallest absolute Gasteiger partial charge is 0.165 e. The molecule has 5 atom stereocenters. The number of hydrogen-bond acceptors (Lipinski definition) is 4. The van der Waals surface area contributed by atoms with Crippen LogP contribution in [0.2, 0.25) is 0 Å². The molecule has 3 unspecified atom stereocenters. The molecule has 1 saturated carbocycles. The summed E-state index contributed by atoms with van der Waals surface area (Å²) < 4.78 is 6.36. The van der Waals surface area contributed by atoms with Crippen LogP contribution in [0.4, 0.5) is 0 Å². The van der Waals surface area contributed by atoms with Gasteiger partial charge in [0.25, 0.3) is 0 Å². The lowest BCUT2D eigenvalue weighted by atomic mass is 9.51. The van der Waals surface area contributed by atoms with Crippen LogP contribution in [0.1, 0.15) is 44.2 Å². The zero-order chi connectivity index (χ0) is 18.0. The number of benzene rings is 1. The second-order valence-electron chi connectivity index (χ2n) is 8.27. The minimum Gasteiger partial charge on any atom is -0.504 e. The van der Waals surface area contributed by atoms with Crippen molar-refractivity contribution in [3.63, 3.8) is 0 Å². The molecule has 1 aromatic carbocycles. The highest BCUT2D eigenvalue weighted by atomic mass is 16.5. The fraction of sp³-hybridized carbons (Fsp3) is 0.619. The molecule has 0 radical (unpaired) electrons. The van der Waals surface area contributed by atoms with E-state index in [-0.39, 0.29) is 17.9 Å². The van der Waals surface area contributed by atoms with Gasteiger partial charge in [-0.1, -0.05) is 19.1 Å². The lowest BCUT2D eigenvalue weighted by molar-refractivity contribution is -0.184. The van der Waals surface area contributed by atoms with E-state index >= 15 is 0 Å². The SMILES string of the molecule is C=CCN1CCC23c4c(C)ccc(O)c4OC2[C@H](C)CC[C@@]3(O)C1C. The van der Waals surface area contributed by atoms with E-state index in [9.17, 15) is 10.2 Å². The van der Waals surface area contributed by atoms with Crippen molar-refractivity contribution >= 4 is 0 Å². The number of ether oxygens (including phenoxy) is 1. The van der Waals surface area contributed by atoms with E-state index in [1.807, 2.05) is 12.1 Å². The Bertz CT molecular complexity index is 717. The number of aromatic hydroxyl groups is 1. The van der Waals surface area contributed by atoms with Gasteiger partial charge in [0.15, 0.2) is 11.5 Å². The maximum Gasteiger partial charge on any atom is 0.165 e. The Labute approximate surface area is 150 Å². The molecule has 25 heavy (non-hydrogen) atoms.